The van der Waals surface area contributed by atoms with Crippen LogP contribution in [0.2, 0.25) is 0 Å². The first-order chi connectivity index (χ1) is 13.4. The number of benzene rings is 2. The number of carbonyl (C=O) groups excluding carboxylic acids is 1. The number of amides is 1. The lowest BCUT2D eigenvalue weighted by atomic mass is 9.96. The molecule has 0 aliphatic heterocycles. The van der Waals surface area contributed by atoms with Crippen LogP contribution in [-0.4, -0.2) is 20.9 Å². The maximum absolute atomic E-state index is 13.8. The second-order valence-corrected chi connectivity index (χ2v) is 6.38. The molecule has 0 fully saturated rings. The summed E-state index contributed by atoms with van der Waals surface area (Å²) in [4.78, 5) is 24.6. The zero-order valence-electron chi connectivity index (χ0n) is 15.0. The van der Waals surface area contributed by atoms with Gasteiger partial charge in [-0.2, -0.15) is 0 Å². The van der Waals surface area contributed by atoms with Crippen molar-refractivity contribution in [2.24, 2.45) is 5.73 Å². The van der Waals surface area contributed by atoms with Crippen LogP contribution in [0.3, 0.4) is 0 Å². The average Bonchev–Trinajstić information content (AvgIpc) is 2.67. The number of nitrogen functional groups attached to an aromatic ring is 1. The molecule has 0 bridgehead atoms. The number of primary amides is 1. The second-order valence-electron chi connectivity index (χ2n) is 6.38. The Kier molecular flexibility index (Phi) is 4.19. The minimum atomic E-state index is -0.683. The van der Waals surface area contributed by atoms with Gasteiger partial charge >= 0.3 is 0 Å². The largest absolute Gasteiger partial charge is 0.383 e. The third-order valence-electron chi connectivity index (χ3n) is 4.56. The highest BCUT2D eigenvalue weighted by atomic mass is 19.1. The highest BCUT2D eigenvalue weighted by molar-refractivity contribution is 6.00. The maximum atomic E-state index is 13.8. The number of fused-ring (bicyclic) bond motifs is 1. The number of nitrogens with zero attached hydrogens (tertiary/aromatic N) is 3. The molecule has 0 unspecified atom stereocenters. The Morgan fingerprint density at radius 2 is 1.86 bits per heavy atom. The van der Waals surface area contributed by atoms with Crippen LogP contribution in [0.5, 0.6) is 0 Å². The summed E-state index contributed by atoms with van der Waals surface area (Å²) in [5.41, 5.74) is 15.5. The van der Waals surface area contributed by atoms with Gasteiger partial charge in [0.1, 0.15) is 18.0 Å². The van der Waals surface area contributed by atoms with Gasteiger partial charge in [0.15, 0.2) is 0 Å². The van der Waals surface area contributed by atoms with E-state index in [2.05, 4.69) is 15.0 Å². The summed E-state index contributed by atoms with van der Waals surface area (Å²) in [7, 11) is 0. The van der Waals surface area contributed by atoms with Gasteiger partial charge in [0.05, 0.1) is 16.8 Å². The number of aromatic nitrogens is 3. The maximum Gasteiger partial charge on any atom is 0.252 e. The van der Waals surface area contributed by atoms with Crippen molar-refractivity contribution in [3.05, 3.63) is 71.9 Å². The summed E-state index contributed by atoms with van der Waals surface area (Å²) in [6.45, 7) is 1.89. The molecule has 0 atom stereocenters. The molecule has 4 N–H and O–H groups in total. The number of carbonyl (C=O) groups is 1. The summed E-state index contributed by atoms with van der Waals surface area (Å²) in [5.74, 6) is -1.08. The number of halogens is 1. The highest BCUT2D eigenvalue weighted by Gasteiger charge is 2.17. The molecule has 0 spiro atoms. The van der Waals surface area contributed by atoms with Gasteiger partial charge in [-0.25, -0.2) is 19.3 Å². The molecular weight excluding hydrogens is 357 g/mol. The number of aryl methyl sites for hydroxylation is 1. The lowest BCUT2D eigenvalue weighted by molar-refractivity contribution is 0.100. The molecule has 7 heteroatoms. The standard InChI is InChI=1S/C21H16FN5O/c1-11-15-8-12(5-6-18(15)26-10-25-11)16-9-17(21(24)28)20(23)27-19(16)13-3-2-4-14(22)7-13/h2-10H,1H3,(H2,23,27)(H2,24,28). The van der Waals surface area contributed by atoms with Crippen LogP contribution >= 0.6 is 0 Å². The minimum absolute atomic E-state index is 0.00388. The first-order valence-corrected chi connectivity index (χ1v) is 8.52. The monoisotopic (exact) mass is 373 g/mol. The third-order valence-corrected chi connectivity index (χ3v) is 4.56. The fraction of sp³-hybridized carbons (Fsp3) is 0.0476. The number of hydrogen-bond donors (Lipinski definition) is 2. The molecule has 138 valence electrons. The van der Waals surface area contributed by atoms with Gasteiger partial charge in [-0.3, -0.25) is 4.79 Å². The van der Waals surface area contributed by atoms with E-state index in [1.165, 1.54) is 18.5 Å². The Hall–Kier alpha value is -3.87. The fourth-order valence-electron chi connectivity index (χ4n) is 3.15. The lowest BCUT2D eigenvalue weighted by Gasteiger charge is -2.14. The van der Waals surface area contributed by atoms with E-state index in [1.807, 2.05) is 25.1 Å². The summed E-state index contributed by atoms with van der Waals surface area (Å²) in [5, 5.41) is 0.864. The van der Waals surface area contributed by atoms with Crippen LogP contribution in [0.1, 0.15) is 16.1 Å². The van der Waals surface area contributed by atoms with E-state index in [1.54, 1.807) is 18.2 Å². The Morgan fingerprint density at radius 1 is 1.04 bits per heavy atom. The molecule has 0 aliphatic rings. The van der Waals surface area contributed by atoms with Crippen molar-refractivity contribution in [1.29, 1.82) is 0 Å². The molecule has 4 rings (SSSR count). The van der Waals surface area contributed by atoms with Gasteiger partial charge in [0, 0.05) is 22.2 Å². The summed E-state index contributed by atoms with van der Waals surface area (Å²) < 4.78 is 13.8. The molecule has 6 nitrogen and oxygen atoms in total. The molecule has 2 aromatic heterocycles. The second kappa shape index (κ2) is 6.70. The van der Waals surface area contributed by atoms with Crippen LogP contribution < -0.4 is 11.5 Å². The number of nitrogens with two attached hydrogens (primary N) is 2. The molecule has 0 saturated carbocycles. The zero-order chi connectivity index (χ0) is 19.8. The van der Waals surface area contributed by atoms with E-state index in [9.17, 15) is 9.18 Å². The average molecular weight is 373 g/mol. The van der Waals surface area contributed by atoms with Gasteiger partial charge in [-0.1, -0.05) is 18.2 Å². The van der Waals surface area contributed by atoms with Gasteiger partial charge in [-0.15, -0.1) is 0 Å². The normalized spacial score (nSPS) is 10.9. The smallest absolute Gasteiger partial charge is 0.252 e. The molecule has 1 amide bonds. The number of rotatable bonds is 3. The van der Waals surface area contributed by atoms with Crippen LogP contribution in [0, 0.1) is 12.7 Å². The molecular formula is C21H16FN5O. The summed E-state index contributed by atoms with van der Waals surface area (Å²) in [6.07, 6.45) is 1.51. The van der Waals surface area contributed by atoms with Crippen molar-refractivity contribution in [1.82, 2.24) is 15.0 Å². The third kappa shape index (κ3) is 3.03. The van der Waals surface area contributed by atoms with Gasteiger partial charge < -0.3 is 11.5 Å². The van der Waals surface area contributed by atoms with Crippen LogP contribution in [0.4, 0.5) is 10.2 Å². The van der Waals surface area contributed by atoms with E-state index in [0.717, 1.165) is 22.2 Å². The minimum Gasteiger partial charge on any atom is -0.383 e. The van der Waals surface area contributed by atoms with Gasteiger partial charge in [0.25, 0.3) is 5.91 Å². The van der Waals surface area contributed by atoms with E-state index in [4.69, 9.17) is 11.5 Å². The molecule has 28 heavy (non-hydrogen) atoms. The van der Waals surface area contributed by atoms with Crippen molar-refractivity contribution in [3.8, 4) is 22.4 Å². The predicted molar refractivity (Wildman–Crippen MR) is 106 cm³/mol. The predicted octanol–water partition coefficient (Wildman–Crippen LogP) is 3.49. The Bertz CT molecular complexity index is 1240. The first kappa shape index (κ1) is 17.5. The first-order valence-electron chi connectivity index (χ1n) is 8.52. The number of pyridine rings is 1. The van der Waals surface area contributed by atoms with Crippen molar-refractivity contribution in [2.75, 3.05) is 5.73 Å². The molecule has 4 aromatic rings. The molecule has 0 radical (unpaired) electrons. The molecule has 2 aromatic carbocycles. The van der Waals surface area contributed by atoms with Crippen LogP contribution in [0.25, 0.3) is 33.3 Å². The zero-order valence-corrected chi connectivity index (χ0v) is 15.0. The molecule has 0 saturated heterocycles. The lowest BCUT2D eigenvalue weighted by Crippen LogP contribution is -2.15. The Labute approximate surface area is 160 Å². The van der Waals surface area contributed by atoms with Crippen molar-refractivity contribution >= 4 is 22.6 Å². The SMILES string of the molecule is Cc1ncnc2ccc(-c3cc(C(N)=O)c(N)nc3-c3cccc(F)c3)cc12. The molecule has 2 heterocycles. The quantitative estimate of drug-likeness (QED) is 0.571. The van der Waals surface area contributed by atoms with Crippen molar-refractivity contribution in [3.63, 3.8) is 0 Å². The number of anilines is 1. The Morgan fingerprint density at radius 3 is 2.61 bits per heavy atom. The van der Waals surface area contributed by atoms with E-state index in [0.29, 0.717) is 16.8 Å². The van der Waals surface area contributed by atoms with Crippen LogP contribution in [-0.2, 0) is 0 Å². The van der Waals surface area contributed by atoms with E-state index >= 15 is 0 Å². The topological polar surface area (TPSA) is 108 Å². The van der Waals surface area contributed by atoms with Crippen molar-refractivity contribution in [2.45, 2.75) is 6.92 Å². The van der Waals surface area contributed by atoms with Crippen molar-refractivity contribution < 1.29 is 9.18 Å². The van der Waals surface area contributed by atoms with Crippen LogP contribution in [0.15, 0.2) is 54.9 Å². The van der Waals surface area contributed by atoms with Gasteiger partial charge in [-0.05, 0) is 42.8 Å². The fourth-order valence-corrected chi connectivity index (χ4v) is 3.15. The molecule has 0 aliphatic carbocycles. The Balaban J connectivity index is 2.03. The number of hydrogen-bond acceptors (Lipinski definition) is 5. The van der Waals surface area contributed by atoms with E-state index < -0.39 is 11.7 Å². The highest BCUT2D eigenvalue weighted by Crippen LogP contribution is 2.35. The van der Waals surface area contributed by atoms with Gasteiger partial charge in [0.2, 0.25) is 0 Å². The summed E-state index contributed by atoms with van der Waals surface area (Å²) in [6, 6.07) is 13.2. The summed E-state index contributed by atoms with van der Waals surface area (Å²) >= 11 is 0. The van der Waals surface area contributed by atoms with E-state index in [-0.39, 0.29) is 11.4 Å².